The molecule has 0 saturated carbocycles. The maximum Gasteiger partial charge on any atom is 0.216 e. The Morgan fingerprint density at radius 2 is 1.61 bits per heavy atom. The number of oxazole rings is 1. The standard InChI is InChI=1S/C23H23N2O2Si/c1-14-9-10-15-16-11-12-17-22(27-23(24-17)28(3,4)5)21(16)26-20(15)19(14)18-8-6-7-13-25(18)2/h6-13H,1-5H3/q+1. The summed E-state index contributed by atoms with van der Waals surface area (Å²) in [4.78, 5) is 4.75. The van der Waals surface area contributed by atoms with Gasteiger partial charge in [-0.2, -0.15) is 0 Å². The molecule has 0 aliphatic carbocycles. The van der Waals surface area contributed by atoms with Gasteiger partial charge in [0.2, 0.25) is 5.69 Å². The average molecular weight is 388 g/mol. The van der Waals surface area contributed by atoms with Crippen LogP contribution in [0, 0.1) is 6.92 Å². The molecule has 0 aliphatic heterocycles. The molecule has 140 valence electrons. The topological polar surface area (TPSA) is 43.1 Å². The van der Waals surface area contributed by atoms with E-state index in [0.29, 0.717) is 0 Å². The minimum absolute atomic E-state index is 0.757. The van der Waals surface area contributed by atoms with E-state index in [1.165, 1.54) is 5.56 Å². The number of nitrogens with zero attached hydrogens (tertiary/aromatic N) is 2. The number of hydrogen-bond donors (Lipinski definition) is 0. The summed E-state index contributed by atoms with van der Waals surface area (Å²) in [7, 11) is 0.415. The van der Waals surface area contributed by atoms with E-state index in [2.05, 4.69) is 74.7 Å². The van der Waals surface area contributed by atoms with Gasteiger partial charge >= 0.3 is 0 Å². The zero-order chi connectivity index (χ0) is 19.6. The molecular weight excluding hydrogens is 364 g/mol. The molecule has 0 bridgehead atoms. The molecule has 5 heteroatoms. The monoisotopic (exact) mass is 387 g/mol. The van der Waals surface area contributed by atoms with Crippen molar-refractivity contribution in [3.05, 3.63) is 54.2 Å². The van der Waals surface area contributed by atoms with Gasteiger partial charge in [-0.3, -0.25) is 0 Å². The first-order valence-electron chi connectivity index (χ1n) is 9.55. The van der Waals surface area contributed by atoms with E-state index in [9.17, 15) is 0 Å². The fraction of sp³-hybridized carbons (Fsp3) is 0.217. The predicted octanol–water partition coefficient (Wildman–Crippen LogP) is 5.07. The van der Waals surface area contributed by atoms with E-state index in [4.69, 9.17) is 13.8 Å². The van der Waals surface area contributed by atoms with Gasteiger partial charge in [-0.25, -0.2) is 9.55 Å². The van der Waals surface area contributed by atoms with Crippen LogP contribution in [-0.2, 0) is 7.05 Å². The van der Waals surface area contributed by atoms with Gasteiger partial charge in [0.1, 0.15) is 26.2 Å². The second-order valence-corrected chi connectivity index (χ2v) is 13.4. The largest absolute Gasteiger partial charge is 0.451 e. The molecule has 0 saturated heterocycles. The van der Waals surface area contributed by atoms with Crippen LogP contribution >= 0.6 is 0 Å². The first-order chi connectivity index (χ1) is 13.3. The van der Waals surface area contributed by atoms with Gasteiger partial charge in [0, 0.05) is 22.9 Å². The number of hydrogen-bond acceptors (Lipinski definition) is 3. The van der Waals surface area contributed by atoms with E-state index in [1.54, 1.807) is 0 Å². The van der Waals surface area contributed by atoms with E-state index >= 15 is 0 Å². The number of fused-ring (bicyclic) bond motifs is 5. The first-order valence-corrected chi connectivity index (χ1v) is 13.1. The van der Waals surface area contributed by atoms with Gasteiger partial charge in [-0.05, 0) is 30.7 Å². The Balaban J connectivity index is 1.90. The van der Waals surface area contributed by atoms with Crippen molar-refractivity contribution in [3.63, 3.8) is 0 Å². The molecule has 0 fully saturated rings. The number of rotatable bonds is 2. The number of aromatic nitrogens is 2. The van der Waals surface area contributed by atoms with Crippen LogP contribution in [-0.4, -0.2) is 13.1 Å². The molecule has 0 radical (unpaired) electrons. The summed E-state index contributed by atoms with van der Waals surface area (Å²) in [6.45, 7) is 8.85. The van der Waals surface area contributed by atoms with E-state index in [-0.39, 0.29) is 0 Å². The SMILES string of the molecule is Cc1ccc2c(oc3c2ccc2nc([Si](C)(C)C)oc23)c1-c1cccc[n+]1C. The normalized spacial score (nSPS) is 12.5. The van der Waals surface area contributed by atoms with Crippen LogP contribution in [0.25, 0.3) is 44.3 Å². The van der Waals surface area contributed by atoms with E-state index in [1.807, 2.05) is 12.1 Å². The van der Waals surface area contributed by atoms with Gasteiger partial charge < -0.3 is 8.83 Å². The highest BCUT2D eigenvalue weighted by Crippen LogP contribution is 2.39. The van der Waals surface area contributed by atoms with Crippen molar-refractivity contribution >= 4 is 46.6 Å². The van der Waals surface area contributed by atoms with Crippen molar-refractivity contribution in [1.82, 2.24) is 4.98 Å². The summed E-state index contributed by atoms with van der Waals surface area (Å²) in [5.74, 6) is 0. The highest BCUT2D eigenvalue weighted by atomic mass is 28.3. The number of benzene rings is 2. The smallest absolute Gasteiger partial charge is 0.216 e. The fourth-order valence-corrected chi connectivity index (χ4v) is 4.67. The fourth-order valence-electron chi connectivity index (χ4n) is 3.80. The molecule has 3 aromatic heterocycles. The zero-order valence-corrected chi connectivity index (χ0v) is 17.8. The molecule has 0 amide bonds. The molecule has 5 rings (SSSR count). The van der Waals surface area contributed by atoms with Crippen molar-refractivity contribution < 1.29 is 13.4 Å². The lowest BCUT2D eigenvalue weighted by Crippen LogP contribution is -2.38. The van der Waals surface area contributed by atoms with Gasteiger partial charge in [0.25, 0.3) is 0 Å². The average Bonchev–Trinajstić information content (AvgIpc) is 3.23. The molecule has 2 aromatic carbocycles. The Morgan fingerprint density at radius 1 is 0.857 bits per heavy atom. The van der Waals surface area contributed by atoms with Crippen molar-refractivity contribution in [3.8, 4) is 11.3 Å². The maximum absolute atomic E-state index is 6.48. The molecule has 5 aromatic rings. The summed E-state index contributed by atoms with van der Waals surface area (Å²) in [5.41, 5.74) is 7.60. The molecule has 0 spiro atoms. The van der Waals surface area contributed by atoms with Gasteiger partial charge in [-0.15, -0.1) is 0 Å². The highest BCUT2D eigenvalue weighted by molar-refractivity contribution is 6.87. The Hall–Kier alpha value is -2.92. The Labute approximate surface area is 164 Å². The zero-order valence-electron chi connectivity index (χ0n) is 16.8. The predicted molar refractivity (Wildman–Crippen MR) is 116 cm³/mol. The van der Waals surface area contributed by atoms with Crippen molar-refractivity contribution in [2.45, 2.75) is 26.6 Å². The molecule has 3 heterocycles. The summed E-state index contributed by atoms with van der Waals surface area (Å²) in [6.07, 6.45) is 2.06. The third-order valence-electron chi connectivity index (χ3n) is 5.33. The molecular formula is C23H23N2O2Si+. The van der Waals surface area contributed by atoms with Crippen LogP contribution in [0.2, 0.25) is 19.6 Å². The molecule has 0 aliphatic rings. The highest BCUT2D eigenvalue weighted by Gasteiger charge is 2.26. The van der Waals surface area contributed by atoms with Crippen LogP contribution in [0.5, 0.6) is 0 Å². The van der Waals surface area contributed by atoms with Crippen molar-refractivity contribution in [1.29, 1.82) is 0 Å². The maximum atomic E-state index is 6.48. The quantitative estimate of drug-likeness (QED) is 0.314. The lowest BCUT2D eigenvalue weighted by atomic mass is 10.0. The first kappa shape index (κ1) is 17.2. The second-order valence-electron chi connectivity index (χ2n) is 8.49. The third kappa shape index (κ3) is 2.43. The lowest BCUT2D eigenvalue weighted by Gasteiger charge is -2.08. The van der Waals surface area contributed by atoms with Gasteiger partial charge in [0.05, 0.1) is 5.56 Å². The van der Waals surface area contributed by atoms with E-state index < -0.39 is 8.07 Å². The Bertz CT molecular complexity index is 1370. The number of pyridine rings is 1. The molecule has 0 N–H and O–H groups in total. The van der Waals surface area contributed by atoms with Crippen LogP contribution in [0.1, 0.15) is 5.56 Å². The van der Waals surface area contributed by atoms with Crippen LogP contribution in [0.4, 0.5) is 0 Å². The second kappa shape index (κ2) is 5.79. The molecule has 28 heavy (non-hydrogen) atoms. The summed E-state index contributed by atoms with van der Waals surface area (Å²) in [6, 6.07) is 14.7. The molecule has 0 unspecified atom stereocenters. The number of furan rings is 1. The lowest BCUT2D eigenvalue weighted by molar-refractivity contribution is -0.660. The summed E-state index contributed by atoms with van der Waals surface area (Å²) in [5, 5.41) is 2.17. The summed E-state index contributed by atoms with van der Waals surface area (Å²) < 4.78 is 14.8. The van der Waals surface area contributed by atoms with E-state index in [0.717, 1.165) is 49.8 Å². The van der Waals surface area contributed by atoms with Gasteiger partial charge in [-0.1, -0.05) is 31.8 Å². The Morgan fingerprint density at radius 3 is 2.36 bits per heavy atom. The van der Waals surface area contributed by atoms with Gasteiger partial charge in [0.15, 0.2) is 22.9 Å². The van der Waals surface area contributed by atoms with Crippen LogP contribution in [0.3, 0.4) is 0 Å². The Kier molecular flexibility index (Phi) is 3.55. The van der Waals surface area contributed by atoms with Crippen LogP contribution in [0.15, 0.2) is 57.5 Å². The summed E-state index contributed by atoms with van der Waals surface area (Å²) >= 11 is 0. The minimum Gasteiger partial charge on any atom is -0.451 e. The van der Waals surface area contributed by atoms with Crippen molar-refractivity contribution in [2.24, 2.45) is 7.05 Å². The van der Waals surface area contributed by atoms with Crippen molar-refractivity contribution in [2.75, 3.05) is 0 Å². The third-order valence-corrected chi connectivity index (χ3v) is 6.82. The minimum atomic E-state index is -1.65. The number of aryl methyl sites for hydroxylation is 2. The van der Waals surface area contributed by atoms with Crippen LogP contribution < -0.4 is 10.1 Å². The molecule has 0 atom stereocenters. The molecule has 4 nitrogen and oxygen atoms in total.